The maximum absolute atomic E-state index is 11.4. The third-order valence-corrected chi connectivity index (χ3v) is 4.20. The zero-order valence-electron chi connectivity index (χ0n) is 9.23. The molecule has 2 rings (SSSR count). The highest BCUT2D eigenvalue weighted by molar-refractivity contribution is 7.90. The van der Waals surface area contributed by atoms with Crippen LogP contribution in [0, 0.1) is 0 Å². The number of sulfone groups is 1. The van der Waals surface area contributed by atoms with Gasteiger partial charge in [-0.05, 0) is 7.05 Å². The van der Waals surface area contributed by atoms with Crippen molar-refractivity contribution < 1.29 is 8.42 Å². The van der Waals surface area contributed by atoms with Crippen molar-refractivity contribution in [3.05, 3.63) is 23.3 Å². The van der Waals surface area contributed by atoms with Crippen molar-refractivity contribution in [1.29, 1.82) is 0 Å². The Morgan fingerprint density at radius 3 is 3.06 bits per heavy atom. The molecule has 0 aliphatic carbocycles. The molecule has 16 heavy (non-hydrogen) atoms. The summed E-state index contributed by atoms with van der Waals surface area (Å²) in [5, 5.41) is 3.03. The number of aromatic nitrogens is 2. The maximum atomic E-state index is 11.4. The zero-order valence-corrected chi connectivity index (χ0v) is 10.0. The Morgan fingerprint density at radius 1 is 1.50 bits per heavy atom. The predicted molar refractivity (Wildman–Crippen MR) is 60.9 cm³/mol. The minimum Gasteiger partial charge on any atom is -0.319 e. The van der Waals surface area contributed by atoms with E-state index in [2.05, 4.69) is 15.3 Å². The molecule has 1 aromatic heterocycles. The van der Waals surface area contributed by atoms with Crippen LogP contribution in [0.5, 0.6) is 0 Å². The summed E-state index contributed by atoms with van der Waals surface area (Å²) < 4.78 is 22.8. The second-order valence-electron chi connectivity index (χ2n) is 3.95. The van der Waals surface area contributed by atoms with E-state index in [0.29, 0.717) is 6.42 Å². The lowest BCUT2D eigenvalue weighted by Crippen LogP contribution is -2.22. The summed E-state index contributed by atoms with van der Waals surface area (Å²) in [5.41, 5.74) is 1.66. The van der Waals surface area contributed by atoms with E-state index < -0.39 is 9.84 Å². The molecule has 0 spiro atoms. The lowest BCUT2D eigenvalue weighted by molar-refractivity contribution is 0.589. The van der Waals surface area contributed by atoms with Gasteiger partial charge in [-0.15, -0.1) is 0 Å². The van der Waals surface area contributed by atoms with E-state index in [4.69, 9.17) is 0 Å². The Labute approximate surface area is 95.2 Å². The van der Waals surface area contributed by atoms with E-state index in [0.717, 1.165) is 30.0 Å². The number of nitrogens with zero attached hydrogens (tertiary/aromatic N) is 2. The first-order valence-electron chi connectivity index (χ1n) is 5.29. The van der Waals surface area contributed by atoms with Gasteiger partial charge in [0.1, 0.15) is 5.82 Å². The van der Waals surface area contributed by atoms with Crippen LogP contribution in [0.15, 0.2) is 6.20 Å². The molecule has 0 aromatic carbocycles. The molecule has 5 nitrogen and oxygen atoms in total. The first-order chi connectivity index (χ1) is 7.61. The molecular weight excluding hydrogens is 226 g/mol. The van der Waals surface area contributed by atoms with E-state index in [9.17, 15) is 8.42 Å². The Hall–Kier alpha value is -1.01. The lowest BCUT2D eigenvalue weighted by Gasteiger charge is -2.15. The van der Waals surface area contributed by atoms with Gasteiger partial charge in [0.15, 0.2) is 9.84 Å². The molecule has 0 saturated carbocycles. The summed E-state index contributed by atoms with van der Waals surface area (Å²) in [6, 6.07) is 0. The van der Waals surface area contributed by atoms with Crippen LogP contribution in [0.4, 0.5) is 0 Å². The Kier molecular flexibility index (Phi) is 3.20. The fourth-order valence-corrected chi connectivity index (χ4v) is 3.10. The number of fused-ring (bicyclic) bond motifs is 1. The number of likely N-dealkylation sites (N-methyl/N-ethyl adjacent to an activating group) is 1. The van der Waals surface area contributed by atoms with Crippen LogP contribution in [0.3, 0.4) is 0 Å². The third kappa shape index (κ3) is 2.56. The molecular formula is C10H15N3O2S. The first-order valence-corrected chi connectivity index (χ1v) is 7.11. The van der Waals surface area contributed by atoms with Crippen molar-refractivity contribution >= 4 is 9.84 Å². The fourth-order valence-electron chi connectivity index (χ4n) is 1.74. The topological polar surface area (TPSA) is 72.0 Å². The molecule has 0 amide bonds. The minimum atomic E-state index is -2.92. The highest BCUT2D eigenvalue weighted by Crippen LogP contribution is 2.17. The van der Waals surface area contributed by atoms with Gasteiger partial charge in [-0.1, -0.05) is 0 Å². The van der Waals surface area contributed by atoms with Gasteiger partial charge in [-0.2, -0.15) is 0 Å². The Bertz CT molecular complexity index is 485. The Morgan fingerprint density at radius 2 is 2.31 bits per heavy atom. The molecule has 2 heterocycles. The summed E-state index contributed by atoms with van der Waals surface area (Å²) >= 11 is 0. The third-order valence-electron chi connectivity index (χ3n) is 2.63. The first kappa shape index (κ1) is 11.5. The standard InChI is InChI=1S/C10H15N3O2S/c1-11-4-2-10-12-6-8-7-16(14,15)5-3-9(8)13-10/h6,11H,2-5,7H2,1H3. The highest BCUT2D eigenvalue weighted by atomic mass is 32.2. The van der Waals surface area contributed by atoms with Gasteiger partial charge in [0, 0.05) is 36.8 Å². The smallest absolute Gasteiger partial charge is 0.154 e. The normalized spacial score (nSPS) is 18.1. The van der Waals surface area contributed by atoms with Gasteiger partial charge < -0.3 is 5.32 Å². The molecule has 88 valence electrons. The quantitative estimate of drug-likeness (QED) is 0.787. The van der Waals surface area contributed by atoms with Crippen molar-refractivity contribution in [2.24, 2.45) is 0 Å². The van der Waals surface area contributed by atoms with Crippen LogP contribution in [0.25, 0.3) is 0 Å². The number of aryl methyl sites for hydroxylation is 1. The number of rotatable bonds is 3. The fraction of sp³-hybridized carbons (Fsp3) is 0.600. The molecule has 1 aliphatic rings. The van der Waals surface area contributed by atoms with Crippen molar-refractivity contribution in [3.63, 3.8) is 0 Å². The molecule has 1 aliphatic heterocycles. The molecule has 0 atom stereocenters. The number of hydrogen-bond acceptors (Lipinski definition) is 5. The molecule has 1 aromatic rings. The van der Waals surface area contributed by atoms with Crippen molar-refractivity contribution in [3.8, 4) is 0 Å². The molecule has 0 saturated heterocycles. The van der Waals surface area contributed by atoms with Crippen LogP contribution in [0.2, 0.25) is 0 Å². The lowest BCUT2D eigenvalue weighted by atomic mass is 10.2. The second-order valence-corrected chi connectivity index (χ2v) is 6.14. The molecule has 1 N–H and O–H groups in total. The average Bonchev–Trinajstić information content (AvgIpc) is 2.25. The van der Waals surface area contributed by atoms with Crippen molar-refractivity contribution in [2.75, 3.05) is 19.3 Å². The molecule has 6 heteroatoms. The van der Waals surface area contributed by atoms with Gasteiger partial charge in [0.2, 0.25) is 0 Å². The average molecular weight is 241 g/mol. The van der Waals surface area contributed by atoms with Gasteiger partial charge >= 0.3 is 0 Å². The van der Waals surface area contributed by atoms with E-state index in [1.807, 2.05) is 7.05 Å². The maximum Gasteiger partial charge on any atom is 0.154 e. The monoisotopic (exact) mass is 241 g/mol. The SMILES string of the molecule is CNCCc1ncc2c(n1)CCS(=O)(=O)C2. The van der Waals surface area contributed by atoms with Gasteiger partial charge in [0.25, 0.3) is 0 Å². The van der Waals surface area contributed by atoms with Gasteiger partial charge in [0.05, 0.1) is 11.5 Å². The van der Waals surface area contributed by atoms with E-state index in [1.165, 1.54) is 0 Å². The summed E-state index contributed by atoms with van der Waals surface area (Å²) in [7, 11) is -1.04. The van der Waals surface area contributed by atoms with Crippen molar-refractivity contribution in [2.45, 2.75) is 18.6 Å². The van der Waals surface area contributed by atoms with Crippen LogP contribution in [-0.4, -0.2) is 37.7 Å². The summed E-state index contributed by atoms with van der Waals surface area (Å²) in [4.78, 5) is 8.58. The minimum absolute atomic E-state index is 0.0919. The van der Waals surface area contributed by atoms with Crippen LogP contribution >= 0.6 is 0 Å². The molecule has 0 fully saturated rings. The van der Waals surface area contributed by atoms with Gasteiger partial charge in [-0.3, -0.25) is 0 Å². The highest BCUT2D eigenvalue weighted by Gasteiger charge is 2.22. The predicted octanol–water partition coefficient (Wildman–Crippen LogP) is -0.291. The molecule has 0 unspecified atom stereocenters. The van der Waals surface area contributed by atoms with E-state index in [-0.39, 0.29) is 11.5 Å². The summed E-state index contributed by atoms with van der Waals surface area (Å²) in [5.74, 6) is 1.09. The summed E-state index contributed by atoms with van der Waals surface area (Å²) in [6.45, 7) is 0.830. The largest absolute Gasteiger partial charge is 0.319 e. The van der Waals surface area contributed by atoms with Crippen LogP contribution < -0.4 is 5.32 Å². The zero-order chi connectivity index (χ0) is 11.6. The number of hydrogen-bond donors (Lipinski definition) is 1. The van der Waals surface area contributed by atoms with E-state index in [1.54, 1.807) is 6.20 Å². The number of nitrogens with one attached hydrogen (secondary N) is 1. The van der Waals surface area contributed by atoms with Crippen LogP contribution in [0.1, 0.15) is 17.1 Å². The van der Waals surface area contributed by atoms with E-state index >= 15 is 0 Å². The Balaban J connectivity index is 2.21. The molecule has 0 bridgehead atoms. The van der Waals surface area contributed by atoms with Gasteiger partial charge in [-0.25, -0.2) is 18.4 Å². The molecule has 0 radical (unpaired) electrons. The van der Waals surface area contributed by atoms with Crippen LogP contribution in [-0.2, 0) is 28.4 Å². The summed E-state index contributed by atoms with van der Waals surface area (Å²) in [6.07, 6.45) is 2.95. The van der Waals surface area contributed by atoms with Crippen molar-refractivity contribution in [1.82, 2.24) is 15.3 Å². The second kappa shape index (κ2) is 4.47.